The fourth-order valence-corrected chi connectivity index (χ4v) is 4.14. The smallest absolute Gasteiger partial charge is 0.369 e. The van der Waals surface area contributed by atoms with Crippen LogP contribution in [-0.2, 0) is 12.7 Å². The number of aromatic nitrogens is 3. The van der Waals surface area contributed by atoms with E-state index in [2.05, 4.69) is 15.4 Å². The molecule has 0 radical (unpaired) electrons. The summed E-state index contributed by atoms with van der Waals surface area (Å²) >= 11 is 7.70. The molecule has 0 fully saturated rings. The lowest BCUT2D eigenvalue weighted by atomic mass is 10.1. The van der Waals surface area contributed by atoms with Crippen molar-refractivity contribution < 1.29 is 18.3 Å². The second-order valence-electron chi connectivity index (χ2n) is 6.68. The minimum absolute atomic E-state index is 0.242. The first-order valence-electron chi connectivity index (χ1n) is 8.90. The quantitative estimate of drug-likeness (QED) is 0.385. The molecular weight excluding hydrogens is 437 g/mol. The standard InChI is InChI=1S/C20H16ClF3N4OS/c1-11-17(30-10-25-11)19(29)26-18-16-14(21)3-2-4-15(16)28(27-18)9-12-5-7-13(8-6-12)20(22,23)24/h2-8,10,19,29H,9H2,1H3,(H,26,27). The van der Waals surface area contributed by atoms with E-state index in [0.717, 1.165) is 12.1 Å². The van der Waals surface area contributed by atoms with Gasteiger partial charge in [0.2, 0.25) is 0 Å². The molecule has 1 unspecified atom stereocenters. The predicted octanol–water partition coefficient (Wildman–Crippen LogP) is 5.62. The minimum atomic E-state index is -4.38. The van der Waals surface area contributed by atoms with E-state index in [1.165, 1.54) is 23.5 Å². The van der Waals surface area contributed by atoms with Crippen LogP contribution in [0.25, 0.3) is 10.9 Å². The maximum absolute atomic E-state index is 12.8. The zero-order valence-electron chi connectivity index (χ0n) is 15.6. The monoisotopic (exact) mass is 452 g/mol. The highest BCUT2D eigenvalue weighted by Gasteiger charge is 2.30. The number of nitrogens with one attached hydrogen (secondary N) is 1. The van der Waals surface area contributed by atoms with Gasteiger partial charge in [0.05, 0.1) is 44.1 Å². The Morgan fingerprint density at radius 2 is 1.93 bits per heavy atom. The molecule has 4 rings (SSSR count). The second kappa shape index (κ2) is 7.90. The van der Waals surface area contributed by atoms with Crippen LogP contribution in [0.2, 0.25) is 5.02 Å². The van der Waals surface area contributed by atoms with Crippen molar-refractivity contribution >= 4 is 39.7 Å². The summed E-state index contributed by atoms with van der Waals surface area (Å²) in [5, 5.41) is 19.1. The molecule has 0 aliphatic rings. The summed E-state index contributed by atoms with van der Waals surface area (Å²) in [5.74, 6) is 0.378. The molecule has 0 aliphatic heterocycles. The lowest BCUT2D eigenvalue weighted by Gasteiger charge is -2.11. The van der Waals surface area contributed by atoms with Crippen molar-refractivity contribution in [3.05, 3.63) is 74.7 Å². The normalized spacial score (nSPS) is 13.0. The Labute approximate surface area is 178 Å². The third-order valence-electron chi connectivity index (χ3n) is 4.65. The minimum Gasteiger partial charge on any atom is -0.369 e. The average Bonchev–Trinajstić information content (AvgIpc) is 3.26. The van der Waals surface area contributed by atoms with Gasteiger partial charge in [-0.15, -0.1) is 11.3 Å². The summed E-state index contributed by atoms with van der Waals surface area (Å²) in [6.07, 6.45) is -5.40. The number of alkyl halides is 3. The van der Waals surface area contributed by atoms with E-state index in [1.807, 2.05) is 6.07 Å². The molecule has 0 spiro atoms. The number of aliphatic hydroxyl groups excluding tert-OH is 1. The molecule has 30 heavy (non-hydrogen) atoms. The molecule has 2 N–H and O–H groups in total. The van der Waals surface area contributed by atoms with E-state index in [9.17, 15) is 18.3 Å². The van der Waals surface area contributed by atoms with Crippen LogP contribution < -0.4 is 5.32 Å². The van der Waals surface area contributed by atoms with Gasteiger partial charge in [-0.05, 0) is 36.8 Å². The van der Waals surface area contributed by atoms with Crippen LogP contribution in [0.4, 0.5) is 19.0 Å². The highest BCUT2D eigenvalue weighted by atomic mass is 35.5. The molecule has 10 heteroatoms. The predicted molar refractivity (Wildman–Crippen MR) is 111 cm³/mol. The second-order valence-corrected chi connectivity index (χ2v) is 7.98. The van der Waals surface area contributed by atoms with Gasteiger partial charge in [-0.3, -0.25) is 4.68 Å². The molecule has 2 heterocycles. The largest absolute Gasteiger partial charge is 0.416 e. The van der Waals surface area contributed by atoms with Gasteiger partial charge in [0.15, 0.2) is 12.0 Å². The van der Waals surface area contributed by atoms with Crippen molar-refractivity contribution in [1.82, 2.24) is 14.8 Å². The van der Waals surface area contributed by atoms with E-state index in [-0.39, 0.29) is 6.54 Å². The number of rotatable bonds is 5. The van der Waals surface area contributed by atoms with E-state index in [1.54, 1.807) is 29.2 Å². The number of hydrogen-bond acceptors (Lipinski definition) is 5. The Bertz CT molecular complexity index is 1190. The highest BCUT2D eigenvalue weighted by Crippen LogP contribution is 2.34. The highest BCUT2D eigenvalue weighted by molar-refractivity contribution is 7.09. The summed E-state index contributed by atoms with van der Waals surface area (Å²) < 4.78 is 40.0. The molecule has 2 aromatic heterocycles. The third kappa shape index (κ3) is 4.00. The molecule has 4 aromatic rings. The summed E-state index contributed by atoms with van der Waals surface area (Å²) in [6, 6.07) is 10.2. The van der Waals surface area contributed by atoms with Gasteiger partial charge in [0, 0.05) is 0 Å². The van der Waals surface area contributed by atoms with Gasteiger partial charge in [0.1, 0.15) is 0 Å². The number of thiazole rings is 1. The van der Waals surface area contributed by atoms with Crippen molar-refractivity contribution in [3.8, 4) is 0 Å². The Hall–Kier alpha value is -2.62. The molecular formula is C20H16ClF3N4OS. The van der Waals surface area contributed by atoms with Crippen molar-refractivity contribution in [2.45, 2.75) is 25.9 Å². The number of aliphatic hydroxyl groups is 1. The molecule has 2 aromatic carbocycles. The van der Waals surface area contributed by atoms with Gasteiger partial charge in [-0.2, -0.15) is 18.3 Å². The van der Waals surface area contributed by atoms with Crippen LogP contribution in [0, 0.1) is 6.92 Å². The summed E-state index contributed by atoms with van der Waals surface area (Å²) in [5.41, 5.74) is 2.99. The van der Waals surface area contributed by atoms with Crippen molar-refractivity contribution in [1.29, 1.82) is 0 Å². The Morgan fingerprint density at radius 1 is 1.20 bits per heavy atom. The van der Waals surface area contributed by atoms with Crippen molar-refractivity contribution in [3.63, 3.8) is 0 Å². The van der Waals surface area contributed by atoms with Crippen LogP contribution in [0.15, 0.2) is 48.0 Å². The fourth-order valence-electron chi connectivity index (χ4n) is 3.15. The van der Waals surface area contributed by atoms with Gasteiger partial charge < -0.3 is 10.4 Å². The van der Waals surface area contributed by atoms with Crippen LogP contribution in [0.5, 0.6) is 0 Å². The Balaban J connectivity index is 1.68. The maximum Gasteiger partial charge on any atom is 0.416 e. The van der Waals surface area contributed by atoms with Crippen LogP contribution in [0.3, 0.4) is 0 Å². The molecule has 0 saturated carbocycles. The fraction of sp³-hybridized carbons (Fsp3) is 0.200. The van der Waals surface area contributed by atoms with Crippen LogP contribution in [-0.4, -0.2) is 19.9 Å². The van der Waals surface area contributed by atoms with E-state index < -0.39 is 18.0 Å². The first-order chi connectivity index (χ1) is 14.2. The molecule has 1 atom stereocenters. The molecule has 0 amide bonds. The Morgan fingerprint density at radius 3 is 2.57 bits per heavy atom. The van der Waals surface area contributed by atoms with Crippen molar-refractivity contribution in [2.75, 3.05) is 5.32 Å². The molecule has 156 valence electrons. The lowest BCUT2D eigenvalue weighted by Crippen LogP contribution is -2.11. The van der Waals surface area contributed by atoms with Gasteiger partial charge in [0.25, 0.3) is 0 Å². The zero-order chi connectivity index (χ0) is 21.5. The van der Waals surface area contributed by atoms with E-state index in [0.29, 0.717) is 37.9 Å². The molecule has 0 saturated heterocycles. The number of anilines is 1. The number of benzene rings is 2. The van der Waals surface area contributed by atoms with Gasteiger partial charge in [-0.1, -0.05) is 29.8 Å². The van der Waals surface area contributed by atoms with Crippen molar-refractivity contribution in [2.24, 2.45) is 0 Å². The lowest BCUT2D eigenvalue weighted by molar-refractivity contribution is -0.137. The SMILES string of the molecule is Cc1ncsc1C(O)Nc1nn(Cc2ccc(C(F)(F)F)cc2)c2cccc(Cl)c12. The first-order valence-corrected chi connectivity index (χ1v) is 10.2. The molecule has 5 nitrogen and oxygen atoms in total. The van der Waals surface area contributed by atoms with Crippen LogP contribution >= 0.6 is 22.9 Å². The van der Waals surface area contributed by atoms with E-state index in [4.69, 9.17) is 11.6 Å². The number of hydrogen-bond donors (Lipinski definition) is 2. The third-order valence-corrected chi connectivity index (χ3v) is 5.94. The maximum atomic E-state index is 12.8. The average molecular weight is 453 g/mol. The number of nitrogens with zero attached hydrogens (tertiary/aromatic N) is 3. The number of fused-ring (bicyclic) bond motifs is 1. The Kier molecular flexibility index (Phi) is 5.44. The topological polar surface area (TPSA) is 63.0 Å². The number of aryl methyl sites for hydroxylation is 1. The van der Waals surface area contributed by atoms with E-state index >= 15 is 0 Å². The zero-order valence-corrected chi connectivity index (χ0v) is 17.2. The summed E-state index contributed by atoms with van der Waals surface area (Å²) in [7, 11) is 0. The summed E-state index contributed by atoms with van der Waals surface area (Å²) in [6.45, 7) is 2.04. The first kappa shape index (κ1) is 20.6. The number of halogens is 4. The summed E-state index contributed by atoms with van der Waals surface area (Å²) in [4.78, 5) is 4.79. The molecule has 0 aliphatic carbocycles. The molecule has 0 bridgehead atoms. The van der Waals surface area contributed by atoms with Gasteiger partial charge in [-0.25, -0.2) is 4.98 Å². The van der Waals surface area contributed by atoms with Crippen LogP contribution in [0.1, 0.15) is 27.9 Å². The van der Waals surface area contributed by atoms with Gasteiger partial charge >= 0.3 is 6.18 Å².